The Hall–Kier alpha value is -2.17. The molecule has 1 aromatic heterocycles. The molecule has 0 aliphatic rings. The molecule has 0 aliphatic heterocycles. The number of rotatable bonds is 2. The maximum absolute atomic E-state index is 10.4. The lowest BCUT2D eigenvalue weighted by Crippen LogP contribution is -1.86. The Bertz CT molecular complexity index is 488. The number of hydrogen-bond donors (Lipinski definition) is 0. The van der Waals surface area contributed by atoms with Crippen LogP contribution in [-0.2, 0) is 0 Å². The summed E-state index contributed by atoms with van der Waals surface area (Å²) < 4.78 is 5.03. The summed E-state index contributed by atoms with van der Waals surface area (Å²) in [5.74, 6) is 0.613. The molecule has 0 saturated carbocycles. The standard InChI is InChI=1S/C10H8N2O3/c1-7-6-10(15-11-7)8-2-4-9(5-3-8)12(13)14/h2-6H,1H3. The summed E-state index contributed by atoms with van der Waals surface area (Å²) >= 11 is 0. The smallest absolute Gasteiger partial charge is 0.269 e. The van der Waals surface area contributed by atoms with Gasteiger partial charge in [0.25, 0.3) is 5.69 Å². The molecule has 2 rings (SSSR count). The van der Waals surface area contributed by atoms with Gasteiger partial charge in [0.15, 0.2) is 5.76 Å². The molecule has 15 heavy (non-hydrogen) atoms. The zero-order valence-electron chi connectivity index (χ0n) is 8.01. The van der Waals surface area contributed by atoms with E-state index in [2.05, 4.69) is 5.16 Å². The highest BCUT2D eigenvalue weighted by atomic mass is 16.6. The van der Waals surface area contributed by atoms with Crippen molar-refractivity contribution in [2.45, 2.75) is 6.92 Å². The number of nitro groups is 1. The lowest BCUT2D eigenvalue weighted by Gasteiger charge is -1.94. The van der Waals surface area contributed by atoms with Crippen LogP contribution in [0, 0.1) is 17.0 Å². The molecule has 0 spiro atoms. The van der Waals surface area contributed by atoms with Gasteiger partial charge in [-0.1, -0.05) is 5.16 Å². The van der Waals surface area contributed by atoms with Crippen LogP contribution in [0.2, 0.25) is 0 Å². The van der Waals surface area contributed by atoms with Gasteiger partial charge < -0.3 is 4.52 Å². The molecule has 5 heteroatoms. The minimum absolute atomic E-state index is 0.0648. The number of hydrogen-bond acceptors (Lipinski definition) is 4. The van der Waals surface area contributed by atoms with Crippen molar-refractivity contribution in [3.63, 3.8) is 0 Å². The third-order valence-corrected chi connectivity index (χ3v) is 1.99. The topological polar surface area (TPSA) is 69.2 Å². The summed E-state index contributed by atoms with van der Waals surface area (Å²) in [6.07, 6.45) is 0. The molecule has 0 unspecified atom stereocenters. The Kier molecular flexibility index (Phi) is 2.21. The summed E-state index contributed by atoms with van der Waals surface area (Å²) in [6.45, 7) is 1.82. The van der Waals surface area contributed by atoms with E-state index in [4.69, 9.17) is 4.52 Å². The number of nitro benzene ring substituents is 1. The van der Waals surface area contributed by atoms with Crippen molar-refractivity contribution < 1.29 is 9.45 Å². The van der Waals surface area contributed by atoms with Crippen LogP contribution in [0.4, 0.5) is 5.69 Å². The van der Waals surface area contributed by atoms with Crippen LogP contribution in [0.5, 0.6) is 0 Å². The van der Waals surface area contributed by atoms with Crippen LogP contribution in [0.25, 0.3) is 11.3 Å². The largest absolute Gasteiger partial charge is 0.356 e. The van der Waals surface area contributed by atoms with E-state index in [0.717, 1.165) is 11.3 Å². The lowest BCUT2D eigenvalue weighted by atomic mass is 10.1. The summed E-state index contributed by atoms with van der Waals surface area (Å²) in [5.41, 5.74) is 1.62. The SMILES string of the molecule is Cc1cc(-c2ccc([N+](=O)[O-])cc2)on1. The van der Waals surface area contributed by atoms with E-state index in [-0.39, 0.29) is 5.69 Å². The van der Waals surface area contributed by atoms with Crippen LogP contribution in [-0.4, -0.2) is 10.1 Å². The van der Waals surface area contributed by atoms with E-state index in [1.807, 2.05) is 6.92 Å². The van der Waals surface area contributed by atoms with Crippen molar-refractivity contribution in [2.75, 3.05) is 0 Å². The average molecular weight is 204 g/mol. The molecule has 1 heterocycles. The van der Waals surface area contributed by atoms with Gasteiger partial charge >= 0.3 is 0 Å². The van der Waals surface area contributed by atoms with Crippen molar-refractivity contribution >= 4 is 5.69 Å². The molecule has 0 N–H and O–H groups in total. The molecular formula is C10H8N2O3. The van der Waals surface area contributed by atoms with Crippen LogP contribution in [0.3, 0.4) is 0 Å². The van der Waals surface area contributed by atoms with Crippen LogP contribution < -0.4 is 0 Å². The van der Waals surface area contributed by atoms with Crippen molar-refractivity contribution in [1.29, 1.82) is 0 Å². The Morgan fingerprint density at radius 3 is 2.47 bits per heavy atom. The second kappa shape index (κ2) is 3.53. The first-order valence-corrected chi connectivity index (χ1v) is 4.35. The Morgan fingerprint density at radius 2 is 2.00 bits per heavy atom. The van der Waals surface area contributed by atoms with Gasteiger partial charge in [-0.2, -0.15) is 0 Å². The fourth-order valence-electron chi connectivity index (χ4n) is 1.25. The summed E-state index contributed by atoms with van der Waals surface area (Å²) in [6, 6.07) is 7.93. The molecule has 2 aromatic rings. The molecule has 0 amide bonds. The molecule has 0 aliphatic carbocycles. The molecular weight excluding hydrogens is 196 g/mol. The normalized spacial score (nSPS) is 10.2. The van der Waals surface area contributed by atoms with E-state index in [9.17, 15) is 10.1 Å². The average Bonchev–Trinajstić information content (AvgIpc) is 2.65. The predicted octanol–water partition coefficient (Wildman–Crippen LogP) is 2.56. The molecule has 5 nitrogen and oxygen atoms in total. The van der Waals surface area contributed by atoms with Gasteiger partial charge in [-0.05, 0) is 19.1 Å². The Labute approximate surface area is 85.5 Å². The number of aromatic nitrogens is 1. The highest BCUT2D eigenvalue weighted by Gasteiger charge is 2.07. The second-order valence-electron chi connectivity index (χ2n) is 3.14. The third kappa shape index (κ3) is 1.85. The third-order valence-electron chi connectivity index (χ3n) is 1.99. The van der Waals surface area contributed by atoms with Crippen molar-refractivity contribution in [1.82, 2.24) is 5.16 Å². The molecule has 1 aromatic carbocycles. The highest BCUT2D eigenvalue weighted by Crippen LogP contribution is 2.22. The van der Waals surface area contributed by atoms with Gasteiger partial charge in [-0.15, -0.1) is 0 Å². The van der Waals surface area contributed by atoms with Crippen LogP contribution >= 0.6 is 0 Å². The van der Waals surface area contributed by atoms with E-state index in [1.165, 1.54) is 12.1 Å². The first-order valence-electron chi connectivity index (χ1n) is 4.35. The minimum Gasteiger partial charge on any atom is -0.356 e. The maximum Gasteiger partial charge on any atom is 0.269 e. The maximum atomic E-state index is 10.4. The van der Waals surface area contributed by atoms with Crippen LogP contribution in [0.15, 0.2) is 34.9 Å². The van der Waals surface area contributed by atoms with Crippen molar-refractivity contribution in [3.05, 3.63) is 46.1 Å². The minimum atomic E-state index is -0.435. The molecule has 0 radical (unpaired) electrons. The van der Waals surface area contributed by atoms with E-state index >= 15 is 0 Å². The quantitative estimate of drug-likeness (QED) is 0.556. The first-order chi connectivity index (χ1) is 7.16. The first kappa shape index (κ1) is 9.39. The monoisotopic (exact) mass is 204 g/mol. The Morgan fingerprint density at radius 1 is 1.33 bits per heavy atom. The van der Waals surface area contributed by atoms with E-state index in [1.54, 1.807) is 18.2 Å². The van der Waals surface area contributed by atoms with E-state index in [0.29, 0.717) is 5.76 Å². The van der Waals surface area contributed by atoms with Crippen molar-refractivity contribution in [3.8, 4) is 11.3 Å². The van der Waals surface area contributed by atoms with Gasteiger partial charge in [-0.3, -0.25) is 10.1 Å². The number of non-ortho nitro benzene ring substituents is 1. The molecule has 0 bridgehead atoms. The molecule has 0 fully saturated rings. The summed E-state index contributed by atoms with van der Waals surface area (Å²) in [4.78, 5) is 9.99. The van der Waals surface area contributed by atoms with Gasteiger partial charge in [0.2, 0.25) is 0 Å². The summed E-state index contributed by atoms with van der Waals surface area (Å²) in [5, 5.41) is 14.2. The van der Waals surface area contributed by atoms with Gasteiger partial charge in [0.1, 0.15) is 0 Å². The number of benzene rings is 1. The fraction of sp³-hybridized carbons (Fsp3) is 0.100. The van der Waals surface area contributed by atoms with Gasteiger partial charge in [0.05, 0.1) is 10.6 Å². The van der Waals surface area contributed by atoms with Gasteiger partial charge in [0, 0.05) is 23.8 Å². The zero-order valence-corrected chi connectivity index (χ0v) is 8.01. The van der Waals surface area contributed by atoms with Gasteiger partial charge in [-0.25, -0.2) is 0 Å². The zero-order chi connectivity index (χ0) is 10.8. The lowest BCUT2D eigenvalue weighted by molar-refractivity contribution is -0.384. The number of nitrogens with zero attached hydrogens (tertiary/aromatic N) is 2. The highest BCUT2D eigenvalue weighted by molar-refractivity contribution is 5.59. The molecule has 0 saturated heterocycles. The van der Waals surface area contributed by atoms with Crippen molar-refractivity contribution in [2.24, 2.45) is 0 Å². The summed E-state index contributed by atoms with van der Waals surface area (Å²) in [7, 11) is 0. The fourth-order valence-corrected chi connectivity index (χ4v) is 1.25. The second-order valence-corrected chi connectivity index (χ2v) is 3.14. The molecule has 76 valence electrons. The number of aryl methyl sites for hydroxylation is 1. The van der Waals surface area contributed by atoms with Crippen LogP contribution in [0.1, 0.15) is 5.69 Å². The predicted molar refractivity (Wildman–Crippen MR) is 53.3 cm³/mol. The molecule has 0 atom stereocenters. The van der Waals surface area contributed by atoms with E-state index < -0.39 is 4.92 Å². The Balaban J connectivity index is 2.35.